The van der Waals surface area contributed by atoms with Crippen LogP contribution in [0.15, 0.2) is 29.2 Å². The number of carbonyl (C=O) groups excluding carboxylic acids is 2. The molecule has 2 fully saturated rings. The zero-order valence-corrected chi connectivity index (χ0v) is 18.2. The van der Waals surface area contributed by atoms with Crippen LogP contribution >= 0.6 is 24.2 Å². The monoisotopic (exact) mass is 425 g/mol. The maximum atomic E-state index is 12.6. The van der Waals surface area contributed by atoms with Gasteiger partial charge in [0.2, 0.25) is 5.91 Å². The molecule has 1 unspecified atom stereocenters. The lowest BCUT2D eigenvalue weighted by atomic mass is 9.94. The van der Waals surface area contributed by atoms with Crippen LogP contribution in [0.1, 0.15) is 55.3 Å². The molecule has 1 aromatic carbocycles. The van der Waals surface area contributed by atoms with Crippen LogP contribution in [0.25, 0.3) is 0 Å². The Morgan fingerprint density at radius 3 is 2.61 bits per heavy atom. The molecule has 1 atom stereocenters. The van der Waals surface area contributed by atoms with E-state index >= 15 is 0 Å². The zero-order chi connectivity index (χ0) is 19.1. The van der Waals surface area contributed by atoms with E-state index in [4.69, 9.17) is 0 Å². The van der Waals surface area contributed by atoms with Gasteiger partial charge in [-0.15, -0.1) is 24.2 Å². The fraction of sp³-hybridized carbons (Fsp3) is 0.619. The molecule has 156 valence electrons. The number of nitrogens with zero attached hydrogens (tertiary/aromatic N) is 1. The standard InChI is InChI=1S/C21H31N3O2S.ClH/c1-24(17-9-3-2-4-10-17)20(25)15-27-19-12-6-5-11-18(19)21(26)23-14-16-8-7-13-22-16;/h5-6,11-12,16-17,22H,2-4,7-10,13-15H2,1H3,(H,23,26);1H. The molecule has 2 N–H and O–H groups in total. The minimum Gasteiger partial charge on any atom is -0.350 e. The normalized spacial score (nSPS) is 19.7. The average Bonchev–Trinajstić information content (AvgIpc) is 3.24. The van der Waals surface area contributed by atoms with Gasteiger partial charge in [-0.3, -0.25) is 9.59 Å². The van der Waals surface area contributed by atoms with Crippen LogP contribution in [0, 0.1) is 0 Å². The molecule has 28 heavy (non-hydrogen) atoms. The number of amides is 2. The molecule has 1 saturated heterocycles. The van der Waals surface area contributed by atoms with E-state index in [-0.39, 0.29) is 24.2 Å². The number of hydrogen-bond acceptors (Lipinski definition) is 4. The fourth-order valence-corrected chi connectivity index (χ4v) is 4.91. The van der Waals surface area contributed by atoms with Crippen LogP contribution in [0.3, 0.4) is 0 Å². The van der Waals surface area contributed by atoms with E-state index in [1.165, 1.54) is 37.4 Å². The lowest BCUT2D eigenvalue weighted by molar-refractivity contribution is -0.129. The smallest absolute Gasteiger partial charge is 0.252 e. The number of hydrogen-bond donors (Lipinski definition) is 2. The highest BCUT2D eigenvalue weighted by Crippen LogP contribution is 2.25. The van der Waals surface area contributed by atoms with Gasteiger partial charge in [0, 0.05) is 30.6 Å². The van der Waals surface area contributed by atoms with Crippen molar-refractivity contribution in [1.29, 1.82) is 0 Å². The van der Waals surface area contributed by atoms with Gasteiger partial charge in [0.15, 0.2) is 0 Å². The Balaban J connectivity index is 0.00000280. The zero-order valence-electron chi connectivity index (χ0n) is 16.6. The van der Waals surface area contributed by atoms with Gasteiger partial charge in [0.25, 0.3) is 5.91 Å². The molecular weight excluding hydrogens is 394 g/mol. The fourth-order valence-electron chi connectivity index (χ4n) is 3.94. The van der Waals surface area contributed by atoms with Crippen molar-refractivity contribution in [2.75, 3.05) is 25.9 Å². The van der Waals surface area contributed by atoms with Crippen LogP contribution in [0.4, 0.5) is 0 Å². The van der Waals surface area contributed by atoms with E-state index in [2.05, 4.69) is 10.6 Å². The van der Waals surface area contributed by atoms with Gasteiger partial charge in [0.05, 0.1) is 11.3 Å². The largest absolute Gasteiger partial charge is 0.350 e. The molecule has 0 spiro atoms. The quantitative estimate of drug-likeness (QED) is 0.656. The molecule has 0 bridgehead atoms. The van der Waals surface area contributed by atoms with Crippen molar-refractivity contribution in [3.63, 3.8) is 0 Å². The Bertz CT molecular complexity index is 646. The van der Waals surface area contributed by atoms with Crippen molar-refractivity contribution in [1.82, 2.24) is 15.5 Å². The van der Waals surface area contributed by atoms with Crippen molar-refractivity contribution >= 4 is 36.0 Å². The molecule has 1 aliphatic carbocycles. The first-order valence-electron chi connectivity index (χ1n) is 10.1. The number of benzene rings is 1. The minimum absolute atomic E-state index is 0. The predicted octanol–water partition coefficient (Wildman–Crippen LogP) is 3.47. The summed E-state index contributed by atoms with van der Waals surface area (Å²) in [5, 5.41) is 6.42. The van der Waals surface area contributed by atoms with Crippen LogP contribution in [0.5, 0.6) is 0 Å². The highest BCUT2D eigenvalue weighted by atomic mass is 35.5. The van der Waals surface area contributed by atoms with E-state index in [0.29, 0.717) is 29.9 Å². The van der Waals surface area contributed by atoms with Crippen LogP contribution < -0.4 is 10.6 Å². The van der Waals surface area contributed by atoms with Crippen molar-refractivity contribution < 1.29 is 9.59 Å². The predicted molar refractivity (Wildman–Crippen MR) is 117 cm³/mol. The Morgan fingerprint density at radius 2 is 1.89 bits per heavy atom. The highest BCUT2D eigenvalue weighted by Gasteiger charge is 2.23. The third-order valence-corrected chi connectivity index (χ3v) is 6.73. The Hall–Kier alpha value is -1.24. The van der Waals surface area contributed by atoms with Crippen molar-refractivity contribution in [3.8, 4) is 0 Å². The molecule has 2 amide bonds. The topological polar surface area (TPSA) is 61.4 Å². The van der Waals surface area contributed by atoms with Gasteiger partial charge < -0.3 is 15.5 Å². The summed E-state index contributed by atoms with van der Waals surface area (Å²) >= 11 is 1.47. The molecule has 7 heteroatoms. The summed E-state index contributed by atoms with van der Waals surface area (Å²) in [6, 6.07) is 8.33. The summed E-state index contributed by atoms with van der Waals surface area (Å²) in [5.41, 5.74) is 0.661. The van der Waals surface area contributed by atoms with Crippen molar-refractivity contribution in [3.05, 3.63) is 29.8 Å². The summed E-state index contributed by atoms with van der Waals surface area (Å²) in [6.07, 6.45) is 8.22. The summed E-state index contributed by atoms with van der Waals surface area (Å²) in [5.74, 6) is 0.471. The third-order valence-electron chi connectivity index (χ3n) is 5.67. The number of halogens is 1. The SMILES string of the molecule is CN(C(=O)CSc1ccccc1C(=O)NCC1CCCN1)C1CCCCC1.Cl. The maximum Gasteiger partial charge on any atom is 0.252 e. The molecular formula is C21H32ClN3O2S. The Labute approximate surface area is 178 Å². The number of nitrogens with one attached hydrogen (secondary N) is 2. The van der Waals surface area contributed by atoms with Gasteiger partial charge in [-0.25, -0.2) is 0 Å². The van der Waals surface area contributed by atoms with E-state index < -0.39 is 0 Å². The van der Waals surface area contributed by atoms with Gasteiger partial charge in [-0.05, 0) is 44.4 Å². The van der Waals surface area contributed by atoms with Crippen LogP contribution in [-0.2, 0) is 4.79 Å². The molecule has 1 saturated carbocycles. The molecule has 0 aromatic heterocycles. The Morgan fingerprint density at radius 1 is 1.14 bits per heavy atom. The molecule has 2 aliphatic rings. The molecule has 3 rings (SSSR count). The van der Waals surface area contributed by atoms with E-state index in [1.807, 2.05) is 36.2 Å². The van der Waals surface area contributed by atoms with Crippen LogP contribution in [-0.4, -0.2) is 54.7 Å². The number of thioether (sulfide) groups is 1. The highest BCUT2D eigenvalue weighted by molar-refractivity contribution is 8.00. The van der Waals surface area contributed by atoms with Crippen molar-refractivity contribution in [2.45, 2.75) is 61.9 Å². The molecule has 1 heterocycles. The second-order valence-corrected chi connectivity index (χ2v) is 8.60. The first kappa shape index (κ1) is 23.0. The second-order valence-electron chi connectivity index (χ2n) is 7.58. The molecule has 1 aromatic rings. The van der Waals surface area contributed by atoms with Gasteiger partial charge in [0.1, 0.15) is 0 Å². The van der Waals surface area contributed by atoms with E-state index in [9.17, 15) is 9.59 Å². The van der Waals surface area contributed by atoms with Gasteiger partial charge in [-0.2, -0.15) is 0 Å². The summed E-state index contributed by atoms with van der Waals surface area (Å²) in [7, 11) is 1.92. The average molecular weight is 426 g/mol. The number of carbonyl (C=O) groups is 2. The van der Waals surface area contributed by atoms with Gasteiger partial charge >= 0.3 is 0 Å². The van der Waals surface area contributed by atoms with E-state index in [0.717, 1.165) is 30.7 Å². The minimum atomic E-state index is -0.0557. The van der Waals surface area contributed by atoms with E-state index in [1.54, 1.807) is 0 Å². The molecule has 0 radical (unpaired) electrons. The first-order chi connectivity index (χ1) is 13.1. The third kappa shape index (κ3) is 6.39. The lowest BCUT2D eigenvalue weighted by Gasteiger charge is -2.31. The number of rotatable bonds is 7. The first-order valence-corrected chi connectivity index (χ1v) is 11.1. The maximum absolute atomic E-state index is 12.6. The second kappa shape index (κ2) is 11.7. The summed E-state index contributed by atoms with van der Waals surface area (Å²) in [4.78, 5) is 28.0. The summed E-state index contributed by atoms with van der Waals surface area (Å²) < 4.78 is 0. The van der Waals surface area contributed by atoms with Crippen molar-refractivity contribution in [2.24, 2.45) is 0 Å². The molecule has 1 aliphatic heterocycles. The Kier molecular flexibility index (Phi) is 9.62. The van der Waals surface area contributed by atoms with Gasteiger partial charge in [-0.1, -0.05) is 31.4 Å². The lowest BCUT2D eigenvalue weighted by Crippen LogP contribution is -2.39. The van der Waals surface area contributed by atoms with Crippen LogP contribution in [0.2, 0.25) is 0 Å². The summed E-state index contributed by atoms with van der Waals surface area (Å²) in [6.45, 7) is 1.69. The molecule has 5 nitrogen and oxygen atoms in total.